The normalized spacial score (nSPS) is 14.6. The number of alkyl halides is 3. The summed E-state index contributed by atoms with van der Waals surface area (Å²) in [6.45, 7) is 0. The first-order valence-corrected chi connectivity index (χ1v) is 12.2. The number of thioether (sulfide) groups is 1. The van der Waals surface area contributed by atoms with Crippen molar-refractivity contribution in [1.82, 2.24) is 0 Å². The molecule has 0 saturated heterocycles. The largest absolute Gasteiger partial charge is 0.416 e. The molecule has 1 aliphatic rings. The predicted octanol–water partition coefficient (Wildman–Crippen LogP) is 5.89. The first-order valence-electron chi connectivity index (χ1n) is 11.2. The van der Waals surface area contributed by atoms with Gasteiger partial charge in [-0.1, -0.05) is 48.2 Å². The van der Waals surface area contributed by atoms with Crippen LogP contribution in [0.25, 0.3) is 6.08 Å². The average molecular weight is 525 g/mol. The van der Waals surface area contributed by atoms with Crippen LogP contribution in [0.3, 0.4) is 0 Å². The zero-order valence-corrected chi connectivity index (χ0v) is 20.8. The van der Waals surface area contributed by atoms with Crippen LogP contribution in [-0.2, 0) is 15.8 Å². The molecule has 0 unspecified atom stereocenters. The molecule has 0 fully saturated rings. The van der Waals surface area contributed by atoms with Gasteiger partial charge >= 0.3 is 6.18 Å². The number of anilines is 3. The predicted molar refractivity (Wildman–Crippen MR) is 143 cm³/mol. The molecule has 2 amide bonds. The van der Waals surface area contributed by atoms with Crippen LogP contribution in [0.5, 0.6) is 0 Å². The van der Waals surface area contributed by atoms with Crippen LogP contribution in [0.2, 0.25) is 0 Å². The number of rotatable bonds is 6. The second kappa shape index (κ2) is 10.9. The molecule has 190 valence electrons. The number of nitrogens with one attached hydrogen (secondary N) is 1. The van der Waals surface area contributed by atoms with Gasteiger partial charge in [0.25, 0.3) is 5.91 Å². The second-order valence-electron chi connectivity index (χ2n) is 8.30. The van der Waals surface area contributed by atoms with E-state index in [0.29, 0.717) is 10.9 Å². The fourth-order valence-corrected chi connectivity index (χ4v) is 4.34. The van der Waals surface area contributed by atoms with E-state index in [1.807, 2.05) is 49.3 Å². The lowest BCUT2D eigenvalue weighted by molar-refractivity contribution is -0.137. The van der Waals surface area contributed by atoms with Crippen molar-refractivity contribution in [3.63, 3.8) is 0 Å². The van der Waals surface area contributed by atoms with E-state index in [4.69, 9.17) is 0 Å². The third kappa shape index (κ3) is 6.39. The molecule has 0 atom stereocenters. The number of nitrogens with zero attached hydrogens (tertiary/aromatic N) is 3. The first kappa shape index (κ1) is 26.0. The highest BCUT2D eigenvalue weighted by Gasteiger charge is 2.33. The summed E-state index contributed by atoms with van der Waals surface area (Å²) in [6, 6.07) is 20.9. The van der Waals surface area contributed by atoms with Crippen molar-refractivity contribution in [1.29, 1.82) is 0 Å². The van der Waals surface area contributed by atoms with Gasteiger partial charge in [0.05, 0.1) is 17.0 Å². The zero-order valence-electron chi connectivity index (χ0n) is 20.0. The van der Waals surface area contributed by atoms with Gasteiger partial charge in [0, 0.05) is 25.5 Å². The fraction of sp³-hybridized carbons (Fsp3) is 0.148. The first-order chi connectivity index (χ1) is 17.6. The van der Waals surface area contributed by atoms with Crippen LogP contribution in [0.4, 0.5) is 30.2 Å². The minimum atomic E-state index is -4.51. The Morgan fingerprint density at radius 3 is 2.38 bits per heavy atom. The lowest BCUT2D eigenvalue weighted by Gasteiger charge is -2.17. The van der Waals surface area contributed by atoms with Crippen LogP contribution in [0.1, 0.15) is 11.1 Å². The van der Waals surface area contributed by atoms with Crippen molar-refractivity contribution in [2.75, 3.05) is 35.0 Å². The summed E-state index contributed by atoms with van der Waals surface area (Å²) in [7, 11) is 3.87. The van der Waals surface area contributed by atoms with E-state index >= 15 is 0 Å². The van der Waals surface area contributed by atoms with E-state index in [0.717, 1.165) is 35.1 Å². The van der Waals surface area contributed by atoms with Crippen LogP contribution in [0, 0.1) is 0 Å². The van der Waals surface area contributed by atoms with Gasteiger partial charge in [-0.2, -0.15) is 13.2 Å². The maximum Gasteiger partial charge on any atom is 0.416 e. The van der Waals surface area contributed by atoms with E-state index < -0.39 is 17.6 Å². The summed E-state index contributed by atoms with van der Waals surface area (Å²) in [5.74, 6) is -1.02. The van der Waals surface area contributed by atoms with Gasteiger partial charge in [0.1, 0.15) is 5.70 Å². The van der Waals surface area contributed by atoms with Gasteiger partial charge < -0.3 is 10.2 Å². The zero-order chi connectivity index (χ0) is 26.6. The molecule has 3 aromatic carbocycles. The average Bonchev–Trinajstić information content (AvgIpc) is 3.18. The number of aliphatic imine (C=N–C) groups is 1. The number of carbonyl (C=O) groups is 2. The summed E-state index contributed by atoms with van der Waals surface area (Å²) in [5, 5.41) is 2.77. The number of amidine groups is 1. The minimum Gasteiger partial charge on any atom is -0.378 e. The molecule has 4 rings (SSSR count). The maximum absolute atomic E-state index is 13.3. The van der Waals surface area contributed by atoms with E-state index in [1.54, 1.807) is 30.3 Å². The highest BCUT2D eigenvalue weighted by molar-refractivity contribution is 8.14. The van der Waals surface area contributed by atoms with Crippen molar-refractivity contribution < 1.29 is 22.8 Å². The van der Waals surface area contributed by atoms with E-state index in [2.05, 4.69) is 10.3 Å². The number of hydrogen-bond acceptors (Lipinski definition) is 5. The Balaban J connectivity index is 1.53. The van der Waals surface area contributed by atoms with Crippen LogP contribution in [0.15, 0.2) is 89.6 Å². The van der Waals surface area contributed by atoms with Gasteiger partial charge in [-0.05, 0) is 54.1 Å². The Bertz CT molecular complexity index is 1350. The quantitative estimate of drug-likeness (QED) is 0.409. The molecule has 0 spiro atoms. The number of amides is 2. The number of hydrogen-bond donors (Lipinski definition) is 1. The topological polar surface area (TPSA) is 65.0 Å². The second-order valence-corrected chi connectivity index (χ2v) is 9.24. The molecule has 37 heavy (non-hydrogen) atoms. The molecule has 0 bridgehead atoms. The van der Waals surface area contributed by atoms with Crippen LogP contribution in [-0.4, -0.2) is 36.8 Å². The molecular weight excluding hydrogens is 501 g/mol. The van der Waals surface area contributed by atoms with Crippen molar-refractivity contribution in [3.8, 4) is 0 Å². The summed E-state index contributed by atoms with van der Waals surface area (Å²) in [6.07, 6.45) is -2.84. The maximum atomic E-state index is 13.3. The van der Waals surface area contributed by atoms with Gasteiger partial charge in [0.15, 0.2) is 5.17 Å². The number of benzene rings is 3. The van der Waals surface area contributed by atoms with E-state index in [9.17, 15) is 22.8 Å². The lowest BCUT2D eigenvalue weighted by Crippen LogP contribution is -2.31. The monoisotopic (exact) mass is 524 g/mol. The van der Waals surface area contributed by atoms with E-state index in [1.165, 1.54) is 17.0 Å². The highest BCUT2D eigenvalue weighted by atomic mass is 32.2. The third-order valence-corrected chi connectivity index (χ3v) is 6.30. The lowest BCUT2D eigenvalue weighted by atomic mass is 10.1. The van der Waals surface area contributed by atoms with Gasteiger partial charge in [-0.25, -0.2) is 4.99 Å². The molecular formula is C27H23F3N4O2S. The SMILES string of the molecule is CN(C)c1ccc(C=C2N=C(SCC(=O)Nc3cccc(C(F)(F)F)c3)N(c3ccccc3)C2=O)cc1. The Morgan fingerprint density at radius 1 is 1.03 bits per heavy atom. The van der Waals surface area contributed by atoms with Crippen molar-refractivity contribution in [3.05, 3.63) is 95.7 Å². The molecule has 3 aromatic rings. The molecule has 1 aliphatic heterocycles. The fourth-order valence-electron chi connectivity index (χ4n) is 3.52. The number of carbonyl (C=O) groups excluding carboxylic acids is 2. The van der Waals surface area contributed by atoms with Crippen molar-refractivity contribution in [2.45, 2.75) is 6.18 Å². The molecule has 0 aromatic heterocycles. The van der Waals surface area contributed by atoms with Crippen LogP contribution >= 0.6 is 11.8 Å². The summed E-state index contributed by atoms with van der Waals surface area (Å²) in [5.41, 5.74) is 1.78. The molecule has 0 radical (unpaired) electrons. The Kier molecular flexibility index (Phi) is 7.68. The minimum absolute atomic E-state index is 0.0338. The molecule has 0 saturated carbocycles. The van der Waals surface area contributed by atoms with Crippen LogP contribution < -0.4 is 15.1 Å². The molecule has 1 N–H and O–H groups in total. The molecule has 6 nitrogen and oxygen atoms in total. The highest BCUT2D eigenvalue weighted by Crippen LogP contribution is 2.32. The summed E-state index contributed by atoms with van der Waals surface area (Å²) >= 11 is 1.02. The molecule has 0 aliphatic carbocycles. The van der Waals surface area contributed by atoms with E-state index in [-0.39, 0.29) is 23.0 Å². The number of para-hydroxylation sites is 1. The number of halogens is 3. The smallest absolute Gasteiger partial charge is 0.378 e. The van der Waals surface area contributed by atoms with Gasteiger partial charge in [-0.3, -0.25) is 14.5 Å². The molecule has 1 heterocycles. The Labute approximate surface area is 216 Å². The summed E-state index contributed by atoms with van der Waals surface area (Å²) in [4.78, 5) is 33.7. The van der Waals surface area contributed by atoms with Gasteiger partial charge in [0.2, 0.25) is 5.91 Å². The van der Waals surface area contributed by atoms with Crippen molar-refractivity contribution in [2.24, 2.45) is 4.99 Å². The molecule has 10 heteroatoms. The standard InChI is InChI=1S/C27H23F3N4O2S/c1-33(2)21-13-11-18(12-14-21)15-23-25(36)34(22-9-4-3-5-10-22)26(32-23)37-17-24(35)31-20-8-6-7-19(16-20)27(28,29)30/h3-16H,17H2,1-2H3,(H,31,35). The third-order valence-electron chi connectivity index (χ3n) is 5.36. The van der Waals surface area contributed by atoms with Gasteiger partial charge in [-0.15, -0.1) is 0 Å². The van der Waals surface area contributed by atoms with Crippen molar-refractivity contribution >= 4 is 51.9 Å². The Hall–Kier alpha value is -4.05. The Morgan fingerprint density at radius 2 is 1.73 bits per heavy atom. The summed E-state index contributed by atoms with van der Waals surface area (Å²) < 4.78 is 38.9.